The molecule has 0 radical (unpaired) electrons. The van der Waals surface area contributed by atoms with E-state index < -0.39 is 40.6 Å². The van der Waals surface area contributed by atoms with Crippen molar-refractivity contribution >= 4 is 11.5 Å². The molecule has 2 aliphatic heterocycles. The number of anilines is 1. The first-order chi connectivity index (χ1) is 20.7. The highest BCUT2D eigenvalue weighted by atomic mass is 19.4. The number of nitro groups is 1. The molecule has 1 unspecified atom stereocenters. The number of ether oxygens (including phenoxy) is 1. The van der Waals surface area contributed by atoms with E-state index in [4.69, 9.17) is 9.15 Å². The van der Waals surface area contributed by atoms with Crippen LogP contribution in [0.2, 0.25) is 0 Å². The van der Waals surface area contributed by atoms with Gasteiger partial charge in [-0.15, -0.1) is 10.2 Å². The first-order valence-electron chi connectivity index (χ1n) is 13.9. The highest BCUT2D eigenvalue weighted by Gasteiger charge is 2.61. The molecular weight excluding hydrogens is 567 g/mol. The van der Waals surface area contributed by atoms with Gasteiger partial charge in [0, 0.05) is 43.0 Å². The zero-order valence-electron chi connectivity index (χ0n) is 23.2. The van der Waals surface area contributed by atoms with Gasteiger partial charge >= 0.3 is 11.9 Å². The first-order valence-corrected chi connectivity index (χ1v) is 13.9. The summed E-state index contributed by atoms with van der Waals surface area (Å²) in [6, 6.07) is 9.78. The van der Waals surface area contributed by atoms with Crippen LogP contribution in [0.15, 0.2) is 65.4 Å². The van der Waals surface area contributed by atoms with Crippen LogP contribution in [0.5, 0.6) is 0 Å². The summed E-state index contributed by atoms with van der Waals surface area (Å²) in [5.41, 5.74) is -2.15. The van der Waals surface area contributed by atoms with Crippen molar-refractivity contribution in [3.8, 4) is 22.7 Å². The van der Waals surface area contributed by atoms with Crippen molar-refractivity contribution in [1.82, 2.24) is 25.0 Å². The lowest BCUT2D eigenvalue weighted by Crippen LogP contribution is -2.45. The van der Waals surface area contributed by atoms with Gasteiger partial charge in [0.05, 0.1) is 17.7 Å². The predicted molar refractivity (Wildman–Crippen MR) is 149 cm³/mol. The Kier molecular flexibility index (Phi) is 7.46. The van der Waals surface area contributed by atoms with Crippen LogP contribution in [-0.2, 0) is 24.0 Å². The largest absolute Gasteiger partial charge is 0.426 e. The van der Waals surface area contributed by atoms with E-state index in [9.17, 15) is 23.3 Å². The smallest absolute Gasteiger partial charge is 0.415 e. The molecular formula is C29H28F3N7O4. The second kappa shape index (κ2) is 11.2. The average Bonchev–Trinajstić information content (AvgIpc) is 3.75. The fourth-order valence-electron chi connectivity index (χ4n) is 5.65. The van der Waals surface area contributed by atoms with Crippen molar-refractivity contribution in [2.45, 2.75) is 56.5 Å². The Hall–Kier alpha value is -4.59. The molecule has 1 saturated heterocycles. The van der Waals surface area contributed by atoms with Gasteiger partial charge in [-0.05, 0) is 37.7 Å². The minimum Gasteiger partial charge on any atom is -0.415 e. The van der Waals surface area contributed by atoms with Gasteiger partial charge in [0.2, 0.25) is 11.3 Å². The number of benzene rings is 1. The fourth-order valence-corrected chi connectivity index (χ4v) is 5.65. The van der Waals surface area contributed by atoms with Gasteiger partial charge < -0.3 is 14.1 Å². The second-order valence-corrected chi connectivity index (χ2v) is 10.6. The third-order valence-corrected chi connectivity index (χ3v) is 7.84. The van der Waals surface area contributed by atoms with Crippen LogP contribution < -0.4 is 4.90 Å². The molecule has 2 atom stereocenters. The Morgan fingerprint density at radius 2 is 2.02 bits per heavy atom. The van der Waals surface area contributed by atoms with Crippen molar-refractivity contribution in [3.63, 3.8) is 0 Å². The molecule has 224 valence electrons. The number of hydrogen-bond donors (Lipinski definition) is 0. The summed E-state index contributed by atoms with van der Waals surface area (Å²) in [5, 5.41) is 24.1. The molecule has 1 aromatic carbocycles. The Labute approximate surface area is 244 Å². The van der Waals surface area contributed by atoms with Crippen LogP contribution >= 0.6 is 0 Å². The quantitative estimate of drug-likeness (QED) is 0.152. The summed E-state index contributed by atoms with van der Waals surface area (Å²) < 4.78 is 57.8. The van der Waals surface area contributed by atoms with Gasteiger partial charge in [0.1, 0.15) is 5.82 Å². The molecule has 2 aliphatic rings. The van der Waals surface area contributed by atoms with E-state index in [0.29, 0.717) is 35.5 Å². The molecule has 3 aromatic heterocycles. The molecule has 43 heavy (non-hydrogen) atoms. The van der Waals surface area contributed by atoms with Crippen molar-refractivity contribution in [1.29, 1.82) is 0 Å². The standard InChI is InChI=1S/C29H28F3N7O4/c1-37-17-20(16-33-37)22-15-23(39(40)41)24-26-35-36-27(43-26)28(29(30,31)32,42-18-19-9-4-2-5-10-19)13-7-3-6-11-21-12-8-14-38(21)25(22)34-24/h2-6,9-10,15-17,21H,7-8,11-14,18H2,1H3/t21-,28?/m1/s1. The summed E-state index contributed by atoms with van der Waals surface area (Å²) in [5.74, 6) is -0.908. The van der Waals surface area contributed by atoms with Crippen LogP contribution in [0.1, 0.15) is 43.6 Å². The topological polar surface area (TPSA) is 125 Å². The van der Waals surface area contributed by atoms with Crippen LogP contribution in [0.3, 0.4) is 0 Å². The Balaban J connectivity index is 1.54. The summed E-state index contributed by atoms with van der Waals surface area (Å²) in [6.07, 6.45) is 3.65. The zero-order valence-corrected chi connectivity index (χ0v) is 23.2. The number of nitrogens with zero attached hydrogens (tertiary/aromatic N) is 7. The minimum absolute atomic E-state index is 0.0172. The van der Waals surface area contributed by atoms with Gasteiger partial charge in [-0.1, -0.05) is 42.5 Å². The van der Waals surface area contributed by atoms with Crippen molar-refractivity contribution in [3.05, 3.63) is 82.5 Å². The van der Waals surface area contributed by atoms with Gasteiger partial charge in [-0.3, -0.25) is 14.8 Å². The highest BCUT2D eigenvalue weighted by molar-refractivity contribution is 5.82. The van der Waals surface area contributed by atoms with E-state index in [-0.39, 0.29) is 24.8 Å². The van der Waals surface area contributed by atoms with E-state index in [0.717, 1.165) is 12.8 Å². The van der Waals surface area contributed by atoms with Crippen molar-refractivity contribution in [2.24, 2.45) is 7.05 Å². The molecule has 0 saturated carbocycles. The molecule has 0 spiro atoms. The molecule has 0 aliphatic carbocycles. The fraction of sp³-hybridized carbons (Fsp3) is 0.379. The van der Waals surface area contributed by atoms with Crippen LogP contribution in [0.4, 0.5) is 24.7 Å². The molecule has 0 amide bonds. The van der Waals surface area contributed by atoms with E-state index in [2.05, 4.69) is 25.2 Å². The lowest BCUT2D eigenvalue weighted by atomic mass is 9.95. The monoisotopic (exact) mass is 595 g/mol. The molecule has 11 nitrogen and oxygen atoms in total. The molecule has 1 fully saturated rings. The molecule has 4 aromatic rings. The SMILES string of the molecule is Cn1cc(-c2cc([N+](=O)[O-])c3nc2N2CCC[C@H]2CC=CCCC(OCc2ccccc2)(C(F)(F)F)c2nnc-3o2)cn1. The number of alkyl halides is 3. The summed E-state index contributed by atoms with van der Waals surface area (Å²) >= 11 is 0. The van der Waals surface area contributed by atoms with Crippen molar-refractivity contribution in [2.75, 3.05) is 11.4 Å². The molecule has 5 heterocycles. The maximum Gasteiger partial charge on any atom is 0.426 e. The van der Waals surface area contributed by atoms with E-state index >= 15 is 0 Å². The van der Waals surface area contributed by atoms with E-state index in [1.807, 2.05) is 6.08 Å². The lowest BCUT2D eigenvalue weighted by molar-refractivity contribution is -0.384. The van der Waals surface area contributed by atoms with Crippen LogP contribution in [0, 0.1) is 10.1 Å². The van der Waals surface area contributed by atoms with E-state index in [1.54, 1.807) is 60.5 Å². The summed E-state index contributed by atoms with van der Waals surface area (Å²) in [4.78, 5) is 18.4. The highest BCUT2D eigenvalue weighted by Crippen LogP contribution is 2.47. The Morgan fingerprint density at radius 3 is 2.74 bits per heavy atom. The number of aromatic nitrogens is 5. The number of aryl methyl sites for hydroxylation is 1. The number of fused-ring (bicyclic) bond motifs is 7. The number of halogens is 3. The normalized spacial score (nSPS) is 20.6. The van der Waals surface area contributed by atoms with Crippen LogP contribution in [-0.4, -0.2) is 48.6 Å². The number of hydrogen-bond acceptors (Lipinski definition) is 9. The maximum absolute atomic E-state index is 15.0. The number of rotatable bonds is 5. The summed E-state index contributed by atoms with van der Waals surface area (Å²) in [6.45, 7) is 0.275. The lowest BCUT2D eigenvalue weighted by Gasteiger charge is -2.32. The molecule has 0 N–H and O–H groups in total. The predicted octanol–water partition coefficient (Wildman–Crippen LogP) is 6.12. The zero-order chi connectivity index (χ0) is 30.2. The van der Waals surface area contributed by atoms with Crippen molar-refractivity contribution < 1.29 is 27.2 Å². The maximum atomic E-state index is 15.0. The number of pyridine rings is 1. The molecule has 6 rings (SSSR count). The third kappa shape index (κ3) is 5.38. The van der Waals surface area contributed by atoms with Gasteiger partial charge in [-0.25, -0.2) is 4.98 Å². The Morgan fingerprint density at radius 1 is 1.21 bits per heavy atom. The second-order valence-electron chi connectivity index (χ2n) is 10.6. The van der Waals surface area contributed by atoms with Gasteiger partial charge in [0.25, 0.3) is 11.8 Å². The number of allylic oxidation sites excluding steroid dienone is 1. The summed E-state index contributed by atoms with van der Waals surface area (Å²) in [7, 11) is 1.73. The van der Waals surface area contributed by atoms with Gasteiger partial charge in [-0.2, -0.15) is 18.3 Å². The third-order valence-electron chi connectivity index (χ3n) is 7.84. The Bertz CT molecular complexity index is 1650. The average molecular weight is 596 g/mol. The first kappa shape index (κ1) is 28.5. The van der Waals surface area contributed by atoms with Crippen LogP contribution in [0.25, 0.3) is 22.7 Å². The van der Waals surface area contributed by atoms with Gasteiger partial charge in [0.15, 0.2) is 0 Å². The van der Waals surface area contributed by atoms with E-state index in [1.165, 1.54) is 6.07 Å². The molecule has 14 heteroatoms. The minimum atomic E-state index is -4.95. The molecule has 4 bridgehead atoms.